The van der Waals surface area contributed by atoms with Gasteiger partial charge in [0.2, 0.25) is 0 Å². The summed E-state index contributed by atoms with van der Waals surface area (Å²) in [6, 6.07) is 15.0. The second-order valence-corrected chi connectivity index (χ2v) is 9.03. The summed E-state index contributed by atoms with van der Waals surface area (Å²) in [4.78, 5) is 2.66. The zero-order valence-electron chi connectivity index (χ0n) is 16.3. The number of piperidine rings is 1. The van der Waals surface area contributed by atoms with Crippen molar-refractivity contribution in [3.05, 3.63) is 54.1 Å². The summed E-state index contributed by atoms with van der Waals surface area (Å²) < 4.78 is 36.4. The molecule has 2 aromatic carbocycles. The maximum Gasteiger partial charge on any atom is 0.184 e. The fourth-order valence-corrected chi connectivity index (χ4v) is 5.45. The van der Waals surface area contributed by atoms with Gasteiger partial charge >= 0.3 is 0 Å². The van der Waals surface area contributed by atoms with Crippen LogP contribution in [0.2, 0.25) is 0 Å². The number of rotatable bonds is 7. The number of nitrogens with zero attached hydrogens (tertiary/aromatic N) is 1. The van der Waals surface area contributed by atoms with Crippen molar-refractivity contribution in [2.75, 3.05) is 33.9 Å². The van der Waals surface area contributed by atoms with Crippen molar-refractivity contribution < 1.29 is 17.9 Å². The standard InChI is InChI=1S/C21H27NO4S.ClH/c1-25-18-9-7-17(8-10-18)11-14-22-15-12-19(13-16-22)27(23,24)21-6-4-3-5-20(21)26-2;/h3-10,19H,11-16H2,1-2H3;1H. The molecule has 1 aliphatic heterocycles. The highest BCUT2D eigenvalue weighted by atomic mass is 35.5. The molecule has 7 heteroatoms. The van der Waals surface area contributed by atoms with Crippen LogP contribution in [-0.2, 0) is 16.3 Å². The molecule has 0 aliphatic carbocycles. The Kier molecular flexibility index (Phi) is 8.16. The predicted octanol–water partition coefficient (Wildman–Crippen LogP) is 3.61. The first kappa shape index (κ1) is 22.5. The number of methoxy groups -OCH3 is 2. The zero-order chi connectivity index (χ0) is 19.3. The summed E-state index contributed by atoms with van der Waals surface area (Å²) >= 11 is 0. The Balaban J connectivity index is 0.00000280. The lowest BCUT2D eigenvalue weighted by molar-refractivity contribution is 0.232. The molecule has 5 nitrogen and oxygen atoms in total. The maximum absolute atomic E-state index is 13.0. The van der Waals surface area contributed by atoms with Crippen LogP contribution in [0.5, 0.6) is 11.5 Å². The van der Waals surface area contributed by atoms with Crippen LogP contribution < -0.4 is 9.47 Å². The molecule has 1 aliphatic rings. The minimum absolute atomic E-state index is 0. The first-order valence-corrected chi connectivity index (χ1v) is 10.8. The zero-order valence-corrected chi connectivity index (χ0v) is 18.0. The summed E-state index contributed by atoms with van der Waals surface area (Å²) in [5.74, 6) is 1.29. The monoisotopic (exact) mass is 425 g/mol. The Morgan fingerprint density at radius 1 is 0.964 bits per heavy atom. The first-order chi connectivity index (χ1) is 13.0. The second-order valence-electron chi connectivity index (χ2n) is 6.83. The predicted molar refractivity (Wildman–Crippen MR) is 114 cm³/mol. The Hall–Kier alpha value is -1.76. The summed E-state index contributed by atoms with van der Waals surface area (Å²) in [6.45, 7) is 2.54. The van der Waals surface area contributed by atoms with E-state index in [-0.39, 0.29) is 17.7 Å². The van der Waals surface area contributed by atoms with Crippen molar-refractivity contribution in [1.29, 1.82) is 0 Å². The minimum Gasteiger partial charge on any atom is -0.497 e. The molecule has 0 amide bonds. The van der Waals surface area contributed by atoms with Crippen molar-refractivity contribution in [2.45, 2.75) is 29.4 Å². The molecule has 1 saturated heterocycles. The summed E-state index contributed by atoms with van der Waals surface area (Å²) in [7, 11) is -0.194. The van der Waals surface area contributed by atoms with Crippen molar-refractivity contribution >= 4 is 22.2 Å². The van der Waals surface area contributed by atoms with Crippen molar-refractivity contribution in [3.63, 3.8) is 0 Å². The number of hydrogen-bond acceptors (Lipinski definition) is 5. The van der Waals surface area contributed by atoms with Gasteiger partial charge in [0.15, 0.2) is 9.84 Å². The largest absolute Gasteiger partial charge is 0.497 e. The summed E-state index contributed by atoms with van der Waals surface area (Å²) in [6.07, 6.45) is 2.26. The van der Waals surface area contributed by atoms with E-state index in [4.69, 9.17) is 9.47 Å². The van der Waals surface area contributed by atoms with Gasteiger partial charge in [0, 0.05) is 6.54 Å². The minimum atomic E-state index is -3.37. The highest BCUT2D eigenvalue weighted by Gasteiger charge is 2.32. The number of sulfone groups is 1. The van der Waals surface area contributed by atoms with Gasteiger partial charge in [-0.2, -0.15) is 0 Å². The normalized spacial score (nSPS) is 15.6. The molecule has 0 unspecified atom stereocenters. The van der Waals surface area contributed by atoms with Crippen LogP contribution >= 0.6 is 12.4 Å². The number of likely N-dealkylation sites (tertiary alicyclic amines) is 1. The number of ether oxygens (including phenoxy) is 2. The van der Waals surface area contributed by atoms with E-state index in [9.17, 15) is 8.42 Å². The molecular weight excluding hydrogens is 398 g/mol. The number of benzene rings is 2. The number of para-hydroxylation sites is 1. The molecule has 0 saturated carbocycles. The Morgan fingerprint density at radius 2 is 1.61 bits per heavy atom. The smallest absolute Gasteiger partial charge is 0.184 e. The van der Waals surface area contributed by atoms with E-state index in [1.807, 2.05) is 12.1 Å². The van der Waals surface area contributed by atoms with Gasteiger partial charge in [-0.05, 0) is 62.2 Å². The molecule has 3 rings (SSSR count). The lowest BCUT2D eigenvalue weighted by Crippen LogP contribution is -2.40. The third-order valence-electron chi connectivity index (χ3n) is 5.22. The van der Waals surface area contributed by atoms with Crippen LogP contribution in [0.4, 0.5) is 0 Å². The highest BCUT2D eigenvalue weighted by Crippen LogP contribution is 2.30. The van der Waals surface area contributed by atoms with Gasteiger partial charge in [0.05, 0.1) is 19.5 Å². The van der Waals surface area contributed by atoms with Crippen LogP contribution in [0.25, 0.3) is 0 Å². The fourth-order valence-electron chi connectivity index (χ4n) is 3.56. The van der Waals surface area contributed by atoms with Gasteiger partial charge in [-0.1, -0.05) is 24.3 Å². The van der Waals surface area contributed by atoms with Crippen LogP contribution in [0, 0.1) is 0 Å². The van der Waals surface area contributed by atoms with E-state index in [2.05, 4.69) is 17.0 Å². The summed E-state index contributed by atoms with van der Waals surface area (Å²) in [5.41, 5.74) is 1.26. The van der Waals surface area contributed by atoms with Gasteiger partial charge < -0.3 is 14.4 Å². The van der Waals surface area contributed by atoms with E-state index in [0.717, 1.165) is 31.8 Å². The molecule has 0 radical (unpaired) electrons. The number of hydrogen-bond donors (Lipinski definition) is 0. The topological polar surface area (TPSA) is 55.8 Å². The Morgan fingerprint density at radius 3 is 2.21 bits per heavy atom. The third kappa shape index (κ3) is 5.19. The third-order valence-corrected chi connectivity index (χ3v) is 7.52. The average Bonchev–Trinajstić information content (AvgIpc) is 2.73. The molecule has 2 aromatic rings. The lowest BCUT2D eigenvalue weighted by atomic mass is 10.1. The Bertz CT molecular complexity index is 847. The second kappa shape index (κ2) is 10.1. The fraction of sp³-hybridized carbons (Fsp3) is 0.429. The lowest BCUT2D eigenvalue weighted by Gasteiger charge is -2.31. The molecule has 0 N–H and O–H groups in total. The van der Waals surface area contributed by atoms with Crippen LogP contribution in [-0.4, -0.2) is 52.4 Å². The average molecular weight is 426 g/mol. The molecule has 0 spiro atoms. The first-order valence-electron chi connectivity index (χ1n) is 9.27. The van der Waals surface area contributed by atoms with Gasteiger partial charge in [-0.25, -0.2) is 8.42 Å². The molecule has 1 fully saturated rings. The molecule has 0 bridgehead atoms. The van der Waals surface area contributed by atoms with Gasteiger partial charge in [0.25, 0.3) is 0 Å². The van der Waals surface area contributed by atoms with Gasteiger partial charge in [0.1, 0.15) is 16.4 Å². The van der Waals surface area contributed by atoms with Crippen LogP contribution in [0.1, 0.15) is 18.4 Å². The van der Waals surface area contributed by atoms with Crippen LogP contribution in [0.15, 0.2) is 53.4 Å². The quantitative estimate of drug-likeness (QED) is 0.678. The maximum atomic E-state index is 13.0. The molecule has 1 heterocycles. The van der Waals surface area contributed by atoms with E-state index in [1.54, 1.807) is 31.4 Å². The van der Waals surface area contributed by atoms with Crippen molar-refractivity contribution in [3.8, 4) is 11.5 Å². The van der Waals surface area contributed by atoms with E-state index < -0.39 is 9.84 Å². The van der Waals surface area contributed by atoms with Crippen molar-refractivity contribution in [2.24, 2.45) is 0 Å². The SMILES string of the molecule is COc1ccc(CCN2CCC(S(=O)(=O)c3ccccc3OC)CC2)cc1.Cl. The highest BCUT2D eigenvalue weighted by molar-refractivity contribution is 7.92. The Labute approximate surface area is 174 Å². The van der Waals surface area contributed by atoms with E-state index >= 15 is 0 Å². The molecular formula is C21H28ClNO4S. The molecule has 0 aromatic heterocycles. The number of halogens is 1. The van der Waals surface area contributed by atoms with Crippen LogP contribution in [0.3, 0.4) is 0 Å². The van der Waals surface area contributed by atoms with Gasteiger partial charge in [-0.3, -0.25) is 0 Å². The van der Waals surface area contributed by atoms with Gasteiger partial charge in [-0.15, -0.1) is 12.4 Å². The molecule has 28 heavy (non-hydrogen) atoms. The summed E-state index contributed by atoms with van der Waals surface area (Å²) in [5, 5.41) is -0.342. The van der Waals surface area contributed by atoms with E-state index in [1.165, 1.54) is 12.7 Å². The molecule has 154 valence electrons. The molecule has 0 atom stereocenters. The van der Waals surface area contributed by atoms with Crippen molar-refractivity contribution in [1.82, 2.24) is 4.90 Å². The van der Waals surface area contributed by atoms with E-state index in [0.29, 0.717) is 23.5 Å².